The first-order valence-electron chi connectivity index (χ1n) is 8.41. The summed E-state index contributed by atoms with van der Waals surface area (Å²) in [6.07, 6.45) is 4.08. The van der Waals surface area contributed by atoms with Gasteiger partial charge in [-0.1, -0.05) is 6.07 Å². The molecule has 4 nitrogen and oxygen atoms in total. The number of amides is 1. The first kappa shape index (κ1) is 17.9. The lowest BCUT2D eigenvalue weighted by Crippen LogP contribution is -2.44. The van der Waals surface area contributed by atoms with Gasteiger partial charge in [0.25, 0.3) is 0 Å². The van der Waals surface area contributed by atoms with Crippen LogP contribution in [0.4, 0.5) is 4.39 Å². The van der Waals surface area contributed by atoms with Crippen LogP contribution in [0.15, 0.2) is 18.2 Å². The number of aryl methyl sites for hydroxylation is 1. The largest absolute Gasteiger partial charge is 0.385 e. The Morgan fingerprint density at radius 1 is 1.43 bits per heavy atom. The van der Waals surface area contributed by atoms with E-state index in [1.165, 1.54) is 12.1 Å². The summed E-state index contributed by atoms with van der Waals surface area (Å²) in [5, 5.41) is 14.7. The van der Waals surface area contributed by atoms with Crippen LogP contribution in [0.5, 0.6) is 0 Å². The summed E-state index contributed by atoms with van der Waals surface area (Å²) in [4.78, 5) is 10.9. The summed E-state index contributed by atoms with van der Waals surface area (Å²) in [5.74, 6) is -0.597. The van der Waals surface area contributed by atoms with Crippen LogP contribution in [0.1, 0.15) is 49.7 Å². The molecule has 0 aliphatic carbocycles. The third-order valence-electron chi connectivity index (χ3n) is 4.75. The number of nitrogens with one attached hydrogen (secondary N) is 1. The second-order valence-electron chi connectivity index (χ2n) is 6.66. The van der Waals surface area contributed by atoms with Gasteiger partial charge in [-0.25, -0.2) is 4.39 Å². The molecule has 1 saturated heterocycles. The molecular formula is C18H27FN2O2. The normalized spacial score (nSPS) is 20.9. The fourth-order valence-electron chi connectivity index (χ4n) is 3.52. The fraction of sp³-hybridized carbons (Fsp3) is 0.611. The monoisotopic (exact) mass is 322 g/mol. The number of benzene rings is 1. The maximum Gasteiger partial charge on any atom is 0.217 e. The molecule has 1 aliphatic rings. The summed E-state index contributed by atoms with van der Waals surface area (Å²) in [6, 6.07) is 4.78. The van der Waals surface area contributed by atoms with Gasteiger partial charge in [0.2, 0.25) is 5.91 Å². The number of carbonyl (C=O) groups excluding carboxylic acids is 1. The molecule has 128 valence electrons. The van der Waals surface area contributed by atoms with Crippen molar-refractivity contribution in [3.05, 3.63) is 35.1 Å². The van der Waals surface area contributed by atoms with E-state index in [0.717, 1.165) is 31.5 Å². The van der Waals surface area contributed by atoms with Crippen molar-refractivity contribution in [2.75, 3.05) is 13.1 Å². The highest BCUT2D eigenvalue weighted by Crippen LogP contribution is 2.39. The molecule has 2 rings (SSSR count). The van der Waals surface area contributed by atoms with E-state index in [1.807, 2.05) is 13.0 Å². The molecule has 0 saturated carbocycles. The van der Waals surface area contributed by atoms with Crippen LogP contribution in [0.2, 0.25) is 0 Å². The number of primary amides is 1. The summed E-state index contributed by atoms with van der Waals surface area (Å²) < 4.78 is 13.8. The molecule has 5 heteroatoms. The average Bonchev–Trinajstić information content (AvgIpc) is 2.51. The smallest absolute Gasteiger partial charge is 0.217 e. The maximum atomic E-state index is 13.8. The summed E-state index contributed by atoms with van der Waals surface area (Å²) in [5.41, 5.74) is 5.55. The number of hydrogen-bond donors (Lipinski definition) is 3. The van der Waals surface area contributed by atoms with Gasteiger partial charge in [-0.2, -0.15) is 0 Å². The zero-order chi connectivity index (χ0) is 16.9. The lowest BCUT2D eigenvalue weighted by molar-refractivity contribution is -0.118. The number of piperidine rings is 1. The number of nitrogens with two attached hydrogens (primary N) is 1. The molecule has 1 aromatic carbocycles. The Labute approximate surface area is 137 Å². The van der Waals surface area contributed by atoms with E-state index >= 15 is 0 Å². The van der Waals surface area contributed by atoms with Crippen LogP contribution in [0.25, 0.3) is 0 Å². The first-order chi connectivity index (χ1) is 10.9. The van der Waals surface area contributed by atoms with Crippen LogP contribution in [-0.2, 0) is 10.4 Å². The Balaban J connectivity index is 2.20. The zero-order valence-corrected chi connectivity index (χ0v) is 13.8. The molecule has 0 unspecified atom stereocenters. The first-order valence-corrected chi connectivity index (χ1v) is 8.41. The highest BCUT2D eigenvalue weighted by Gasteiger charge is 2.38. The second kappa shape index (κ2) is 7.88. The molecule has 0 aromatic heterocycles. The van der Waals surface area contributed by atoms with E-state index in [9.17, 15) is 14.3 Å². The van der Waals surface area contributed by atoms with E-state index in [2.05, 4.69) is 5.32 Å². The lowest BCUT2D eigenvalue weighted by atomic mass is 9.74. The van der Waals surface area contributed by atoms with E-state index in [4.69, 9.17) is 5.73 Å². The van der Waals surface area contributed by atoms with Crippen molar-refractivity contribution < 1.29 is 14.3 Å². The molecule has 23 heavy (non-hydrogen) atoms. The van der Waals surface area contributed by atoms with Crippen molar-refractivity contribution in [1.82, 2.24) is 5.32 Å². The van der Waals surface area contributed by atoms with Crippen LogP contribution >= 0.6 is 0 Å². The van der Waals surface area contributed by atoms with Crippen molar-refractivity contribution in [2.24, 2.45) is 11.7 Å². The van der Waals surface area contributed by atoms with Crippen molar-refractivity contribution in [1.29, 1.82) is 0 Å². The quantitative estimate of drug-likeness (QED) is 0.675. The maximum absolute atomic E-state index is 13.8. The standard InChI is InChI=1S/C18H27FN2O2/c1-13-9-15(11-16(19)10-13)18(23,7-3-2-6-17(20)22)14-5-4-8-21-12-14/h9-11,14,21,23H,2-8,12H2,1H3,(H2,20,22)/t14-,18+/m1/s1. The minimum absolute atomic E-state index is 0.0472. The van der Waals surface area contributed by atoms with Gasteiger partial charge in [-0.3, -0.25) is 4.79 Å². The Bertz CT molecular complexity index is 524. The number of rotatable bonds is 7. The number of halogens is 1. The van der Waals surface area contributed by atoms with E-state index < -0.39 is 5.60 Å². The summed E-state index contributed by atoms with van der Waals surface area (Å²) in [6.45, 7) is 3.51. The third-order valence-corrected chi connectivity index (χ3v) is 4.75. The fourth-order valence-corrected chi connectivity index (χ4v) is 3.52. The highest BCUT2D eigenvalue weighted by molar-refractivity contribution is 5.73. The minimum Gasteiger partial charge on any atom is -0.385 e. The van der Waals surface area contributed by atoms with Crippen molar-refractivity contribution >= 4 is 5.91 Å². The molecule has 1 fully saturated rings. The van der Waals surface area contributed by atoms with Crippen molar-refractivity contribution in [3.63, 3.8) is 0 Å². The van der Waals surface area contributed by atoms with Crippen molar-refractivity contribution in [3.8, 4) is 0 Å². The Hall–Kier alpha value is -1.46. The van der Waals surface area contributed by atoms with Crippen LogP contribution in [0, 0.1) is 18.7 Å². The van der Waals surface area contributed by atoms with Gasteiger partial charge >= 0.3 is 0 Å². The van der Waals surface area contributed by atoms with Crippen molar-refractivity contribution in [2.45, 2.75) is 51.0 Å². The van der Waals surface area contributed by atoms with Gasteiger partial charge in [0.05, 0.1) is 5.60 Å². The summed E-state index contributed by atoms with van der Waals surface area (Å²) >= 11 is 0. The lowest BCUT2D eigenvalue weighted by Gasteiger charge is -2.39. The Morgan fingerprint density at radius 2 is 2.22 bits per heavy atom. The second-order valence-corrected chi connectivity index (χ2v) is 6.66. The van der Waals surface area contributed by atoms with Crippen LogP contribution < -0.4 is 11.1 Å². The topological polar surface area (TPSA) is 75.3 Å². The van der Waals surface area contributed by atoms with Gasteiger partial charge in [0, 0.05) is 18.9 Å². The zero-order valence-electron chi connectivity index (χ0n) is 13.8. The number of hydrogen-bond acceptors (Lipinski definition) is 3. The molecule has 1 aliphatic heterocycles. The third kappa shape index (κ3) is 4.75. The minimum atomic E-state index is -1.07. The van der Waals surface area contributed by atoms with Gasteiger partial charge in [0.15, 0.2) is 0 Å². The van der Waals surface area contributed by atoms with Crippen LogP contribution in [-0.4, -0.2) is 24.1 Å². The van der Waals surface area contributed by atoms with Gasteiger partial charge < -0.3 is 16.2 Å². The molecule has 2 atom stereocenters. The molecule has 0 radical (unpaired) electrons. The number of unbranched alkanes of at least 4 members (excludes halogenated alkanes) is 1. The van der Waals surface area contributed by atoms with Crippen LogP contribution in [0.3, 0.4) is 0 Å². The molecule has 0 spiro atoms. The Kier molecular flexibility index (Phi) is 6.13. The molecular weight excluding hydrogens is 295 g/mol. The van der Waals surface area contributed by atoms with Gasteiger partial charge in [0.1, 0.15) is 5.82 Å². The average molecular weight is 322 g/mol. The molecule has 1 aromatic rings. The van der Waals surface area contributed by atoms with Gasteiger partial charge in [-0.05, 0) is 68.8 Å². The number of aliphatic hydroxyl groups is 1. The molecule has 4 N–H and O–H groups in total. The molecule has 1 heterocycles. The SMILES string of the molecule is Cc1cc(F)cc([C@](O)(CCCCC(N)=O)[C@@H]2CCCNC2)c1. The van der Waals surface area contributed by atoms with E-state index in [1.54, 1.807) is 0 Å². The number of carbonyl (C=O) groups is 1. The van der Waals surface area contributed by atoms with E-state index in [-0.39, 0.29) is 17.6 Å². The predicted molar refractivity (Wildman–Crippen MR) is 88.3 cm³/mol. The highest BCUT2D eigenvalue weighted by atomic mass is 19.1. The van der Waals surface area contributed by atoms with E-state index in [0.29, 0.717) is 31.2 Å². The molecule has 1 amide bonds. The van der Waals surface area contributed by atoms with Gasteiger partial charge in [-0.15, -0.1) is 0 Å². The summed E-state index contributed by atoms with van der Waals surface area (Å²) in [7, 11) is 0. The molecule has 0 bridgehead atoms. The Morgan fingerprint density at radius 3 is 2.83 bits per heavy atom. The predicted octanol–water partition coefficient (Wildman–Crippen LogP) is 2.37.